The lowest BCUT2D eigenvalue weighted by molar-refractivity contribution is -0.156. The van der Waals surface area contributed by atoms with Crippen LogP contribution >= 0.6 is 0 Å². The molecule has 6 nitrogen and oxygen atoms in total. The van der Waals surface area contributed by atoms with Crippen molar-refractivity contribution in [1.29, 1.82) is 0 Å². The Morgan fingerprint density at radius 3 is 2.47 bits per heavy atom. The van der Waals surface area contributed by atoms with E-state index in [2.05, 4.69) is 0 Å². The molecule has 0 aromatic rings. The zero-order valence-corrected chi connectivity index (χ0v) is 9.63. The van der Waals surface area contributed by atoms with Crippen molar-refractivity contribution in [3.05, 3.63) is 0 Å². The summed E-state index contributed by atoms with van der Waals surface area (Å²) in [4.78, 5) is 24.7. The average Bonchev–Trinajstić information content (AvgIpc) is 2.59. The van der Waals surface area contributed by atoms with E-state index in [0.29, 0.717) is 0 Å². The molecule has 0 spiro atoms. The Hall–Kier alpha value is -1.14. The van der Waals surface area contributed by atoms with Crippen LogP contribution in [0.4, 0.5) is 0 Å². The highest BCUT2D eigenvalue weighted by Crippen LogP contribution is 2.42. The second-order valence-corrected chi connectivity index (χ2v) is 5.04. The number of hydrogen-bond donors (Lipinski definition) is 3. The molecule has 2 aliphatic rings. The zero-order valence-electron chi connectivity index (χ0n) is 9.63. The molecule has 96 valence electrons. The summed E-state index contributed by atoms with van der Waals surface area (Å²) in [6.45, 7) is 0.363. The molecule has 1 saturated carbocycles. The van der Waals surface area contributed by atoms with Gasteiger partial charge in [-0.25, -0.2) is 4.79 Å². The maximum absolute atomic E-state index is 12.3. The van der Waals surface area contributed by atoms with Gasteiger partial charge in [0.1, 0.15) is 6.04 Å². The molecule has 2 atom stereocenters. The second kappa shape index (κ2) is 4.27. The van der Waals surface area contributed by atoms with Gasteiger partial charge in [0.2, 0.25) is 5.91 Å². The lowest BCUT2D eigenvalue weighted by Crippen LogP contribution is -2.54. The molecule has 0 aromatic heterocycles. The van der Waals surface area contributed by atoms with E-state index in [-0.39, 0.29) is 25.4 Å². The van der Waals surface area contributed by atoms with Crippen LogP contribution in [-0.2, 0) is 9.59 Å². The number of carbonyl (C=O) groups excluding carboxylic acids is 1. The first-order valence-electron chi connectivity index (χ1n) is 5.92. The van der Waals surface area contributed by atoms with Crippen molar-refractivity contribution in [3.63, 3.8) is 0 Å². The average molecular weight is 242 g/mol. The molecule has 1 saturated heterocycles. The molecule has 1 amide bonds. The van der Waals surface area contributed by atoms with Gasteiger partial charge in [-0.15, -0.1) is 0 Å². The Balaban J connectivity index is 2.15. The quantitative estimate of drug-likeness (QED) is 0.598. The van der Waals surface area contributed by atoms with Crippen molar-refractivity contribution in [2.45, 2.75) is 37.8 Å². The highest BCUT2D eigenvalue weighted by molar-refractivity contribution is 5.89. The van der Waals surface area contributed by atoms with E-state index in [0.717, 1.165) is 19.3 Å². The van der Waals surface area contributed by atoms with E-state index in [1.54, 1.807) is 0 Å². The summed E-state index contributed by atoms with van der Waals surface area (Å²) < 4.78 is 0. The van der Waals surface area contributed by atoms with Gasteiger partial charge in [-0.1, -0.05) is 6.42 Å². The number of aliphatic hydroxyl groups is 1. The van der Waals surface area contributed by atoms with Crippen LogP contribution in [0.1, 0.15) is 25.7 Å². The number of β-amino-alcohol motifs (C(OH)–C–C–N with tert-alkyl or cyclic N) is 1. The number of rotatable bonds is 3. The third-order valence-corrected chi connectivity index (χ3v) is 3.98. The number of aliphatic carboxylic acids is 1. The van der Waals surface area contributed by atoms with Gasteiger partial charge in [0.15, 0.2) is 0 Å². The number of carboxylic acids is 1. The van der Waals surface area contributed by atoms with E-state index in [9.17, 15) is 14.7 Å². The summed E-state index contributed by atoms with van der Waals surface area (Å²) in [6, 6.07) is -0.901. The van der Waals surface area contributed by atoms with E-state index < -0.39 is 23.5 Å². The number of carbonyl (C=O) groups is 2. The highest BCUT2D eigenvalue weighted by atomic mass is 16.4. The molecule has 6 heteroatoms. The first-order valence-corrected chi connectivity index (χ1v) is 5.92. The Kier molecular flexibility index (Phi) is 3.09. The zero-order chi connectivity index (χ0) is 12.6. The molecule has 1 aliphatic heterocycles. The number of nitrogens with zero attached hydrogens (tertiary/aromatic N) is 1. The molecular formula is C11H18N2O4. The van der Waals surface area contributed by atoms with E-state index in [1.165, 1.54) is 4.90 Å². The normalized spacial score (nSPS) is 31.1. The van der Waals surface area contributed by atoms with Crippen LogP contribution in [0.5, 0.6) is 0 Å². The van der Waals surface area contributed by atoms with Crippen molar-refractivity contribution >= 4 is 11.9 Å². The fourth-order valence-corrected chi connectivity index (χ4v) is 2.69. The predicted molar refractivity (Wildman–Crippen MR) is 59.1 cm³/mol. The molecule has 17 heavy (non-hydrogen) atoms. The number of likely N-dealkylation sites (tertiary alicyclic amines) is 1. The molecule has 1 aliphatic carbocycles. The molecule has 4 N–H and O–H groups in total. The lowest BCUT2D eigenvalue weighted by Gasteiger charge is -2.42. The summed E-state index contributed by atoms with van der Waals surface area (Å²) >= 11 is 0. The highest BCUT2D eigenvalue weighted by Gasteiger charge is 2.50. The molecule has 2 rings (SSSR count). The fraction of sp³-hybridized carbons (Fsp3) is 0.818. The van der Waals surface area contributed by atoms with Crippen LogP contribution in [-0.4, -0.2) is 52.2 Å². The van der Waals surface area contributed by atoms with E-state index >= 15 is 0 Å². The maximum Gasteiger partial charge on any atom is 0.326 e. The lowest BCUT2D eigenvalue weighted by atomic mass is 9.67. The van der Waals surface area contributed by atoms with Crippen LogP contribution in [0.3, 0.4) is 0 Å². The van der Waals surface area contributed by atoms with Crippen LogP contribution in [0.15, 0.2) is 0 Å². The summed E-state index contributed by atoms with van der Waals surface area (Å²) in [5, 5.41) is 18.6. The Labute approximate surface area is 99.4 Å². The van der Waals surface area contributed by atoms with Crippen molar-refractivity contribution < 1.29 is 19.8 Å². The Morgan fingerprint density at radius 2 is 2.06 bits per heavy atom. The molecule has 1 unspecified atom stereocenters. The van der Waals surface area contributed by atoms with Crippen molar-refractivity contribution in [3.8, 4) is 0 Å². The van der Waals surface area contributed by atoms with Gasteiger partial charge in [-0.3, -0.25) is 4.79 Å². The third-order valence-electron chi connectivity index (χ3n) is 3.98. The minimum absolute atomic E-state index is 0.109. The predicted octanol–water partition coefficient (Wildman–Crippen LogP) is -0.838. The fourth-order valence-electron chi connectivity index (χ4n) is 2.69. The minimum atomic E-state index is -1.05. The van der Waals surface area contributed by atoms with Gasteiger partial charge in [0.25, 0.3) is 0 Å². The van der Waals surface area contributed by atoms with Crippen LogP contribution in [0.2, 0.25) is 0 Å². The Bertz CT molecular complexity index is 335. The molecular weight excluding hydrogens is 224 g/mol. The van der Waals surface area contributed by atoms with Gasteiger partial charge in [0, 0.05) is 19.5 Å². The van der Waals surface area contributed by atoms with Gasteiger partial charge < -0.3 is 20.8 Å². The van der Waals surface area contributed by atoms with Gasteiger partial charge in [0.05, 0.1) is 11.5 Å². The van der Waals surface area contributed by atoms with Crippen molar-refractivity contribution in [2.24, 2.45) is 11.1 Å². The van der Waals surface area contributed by atoms with Crippen LogP contribution < -0.4 is 5.73 Å². The van der Waals surface area contributed by atoms with Gasteiger partial charge in [-0.2, -0.15) is 0 Å². The number of hydrogen-bond acceptors (Lipinski definition) is 4. The Morgan fingerprint density at radius 1 is 1.41 bits per heavy atom. The number of carboxylic acid groups (broad SMARTS) is 1. The molecule has 2 fully saturated rings. The number of amides is 1. The minimum Gasteiger partial charge on any atom is -0.480 e. The first kappa shape index (κ1) is 12.3. The summed E-state index contributed by atoms with van der Waals surface area (Å²) in [5.74, 6) is -1.25. The van der Waals surface area contributed by atoms with Gasteiger partial charge in [-0.05, 0) is 12.8 Å². The molecule has 1 heterocycles. The van der Waals surface area contributed by atoms with Crippen LogP contribution in [0.25, 0.3) is 0 Å². The second-order valence-electron chi connectivity index (χ2n) is 5.04. The van der Waals surface area contributed by atoms with E-state index in [1.807, 2.05) is 0 Å². The smallest absolute Gasteiger partial charge is 0.326 e. The summed E-state index contributed by atoms with van der Waals surface area (Å²) in [7, 11) is 0. The molecule has 0 bridgehead atoms. The third kappa shape index (κ3) is 1.91. The molecule has 0 aromatic carbocycles. The first-order chi connectivity index (χ1) is 8.00. The van der Waals surface area contributed by atoms with E-state index in [4.69, 9.17) is 10.8 Å². The number of nitrogens with two attached hydrogens (primary N) is 1. The standard InChI is InChI=1S/C11H18N2O4/c12-6-11(2-1-3-11)10(17)13-5-7(14)4-8(13)9(15)16/h7-8,14H,1-6,12H2,(H,15,16)/t7?,8-/m0/s1. The summed E-state index contributed by atoms with van der Waals surface area (Å²) in [5.41, 5.74) is 5.06. The topological polar surface area (TPSA) is 104 Å². The summed E-state index contributed by atoms with van der Waals surface area (Å²) in [6.07, 6.45) is 1.77. The van der Waals surface area contributed by atoms with Crippen molar-refractivity contribution in [2.75, 3.05) is 13.1 Å². The largest absolute Gasteiger partial charge is 0.480 e. The van der Waals surface area contributed by atoms with Crippen LogP contribution in [0, 0.1) is 5.41 Å². The number of aliphatic hydroxyl groups excluding tert-OH is 1. The molecule has 0 radical (unpaired) electrons. The SMILES string of the molecule is NCC1(C(=O)N2CC(O)C[C@H]2C(=O)O)CCC1. The monoisotopic (exact) mass is 242 g/mol. The maximum atomic E-state index is 12.3. The van der Waals surface area contributed by atoms with Crippen molar-refractivity contribution in [1.82, 2.24) is 4.90 Å². The van der Waals surface area contributed by atoms with Gasteiger partial charge >= 0.3 is 5.97 Å².